The fourth-order valence-electron chi connectivity index (χ4n) is 3.06. The van der Waals surface area contributed by atoms with Crippen molar-refractivity contribution in [3.05, 3.63) is 70.3 Å². The molecule has 0 aliphatic rings. The number of ether oxygens (including phenoxy) is 1. The number of carbonyl (C=O) groups is 2. The molecule has 1 N–H and O–H groups in total. The van der Waals surface area contributed by atoms with Crippen LogP contribution in [-0.2, 0) is 16.0 Å². The number of halogens is 1. The van der Waals surface area contributed by atoms with Crippen molar-refractivity contribution in [2.45, 2.75) is 13.3 Å². The van der Waals surface area contributed by atoms with E-state index < -0.39 is 5.97 Å². The van der Waals surface area contributed by atoms with Crippen molar-refractivity contribution < 1.29 is 19.4 Å². The predicted octanol–water partition coefficient (Wildman–Crippen LogP) is 4.53. The summed E-state index contributed by atoms with van der Waals surface area (Å²) in [5.74, 6) is -0.988. The van der Waals surface area contributed by atoms with Crippen LogP contribution < -0.4 is 0 Å². The van der Waals surface area contributed by atoms with Gasteiger partial charge in [-0.25, -0.2) is 0 Å². The fourth-order valence-corrected chi connectivity index (χ4v) is 3.32. The molecule has 0 spiro atoms. The van der Waals surface area contributed by atoms with E-state index in [2.05, 4.69) is 15.9 Å². The lowest BCUT2D eigenvalue weighted by molar-refractivity contribution is -0.139. The Morgan fingerprint density at radius 2 is 1.70 bits per heavy atom. The molecule has 1 aromatic heterocycles. The van der Waals surface area contributed by atoms with Crippen LogP contribution in [0.15, 0.2) is 59.1 Å². The van der Waals surface area contributed by atoms with Crippen molar-refractivity contribution in [2.75, 3.05) is 7.11 Å². The number of methoxy groups -OCH3 is 1. The molecule has 0 radical (unpaired) electrons. The lowest BCUT2D eigenvalue weighted by Gasteiger charge is -2.14. The molecule has 5 nitrogen and oxygen atoms in total. The number of ketones is 1. The lowest BCUT2D eigenvalue weighted by atomic mass is 10.0. The van der Waals surface area contributed by atoms with E-state index >= 15 is 0 Å². The Morgan fingerprint density at radius 1 is 1.07 bits per heavy atom. The molecule has 0 bridgehead atoms. The molecule has 0 fully saturated rings. The first-order valence-electron chi connectivity index (χ1n) is 8.29. The number of aromatic hydroxyl groups is 1. The van der Waals surface area contributed by atoms with Gasteiger partial charge >= 0.3 is 5.97 Å². The van der Waals surface area contributed by atoms with E-state index in [9.17, 15) is 14.7 Å². The summed E-state index contributed by atoms with van der Waals surface area (Å²) in [5, 5.41) is 10.8. The van der Waals surface area contributed by atoms with Crippen LogP contribution in [0.2, 0.25) is 0 Å². The molecule has 3 aromatic rings. The zero-order chi connectivity index (χ0) is 19.6. The second-order valence-electron chi connectivity index (χ2n) is 6.01. The van der Waals surface area contributed by atoms with Gasteiger partial charge in [-0.15, -0.1) is 0 Å². The number of hydrogen-bond acceptors (Lipinski definition) is 4. The highest BCUT2D eigenvalue weighted by Gasteiger charge is 2.28. The molecule has 0 amide bonds. The third-order valence-electron chi connectivity index (χ3n) is 4.26. The summed E-state index contributed by atoms with van der Waals surface area (Å²) >= 11 is 3.41. The fraction of sp³-hybridized carbons (Fsp3) is 0.143. The van der Waals surface area contributed by atoms with Crippen molar-refractivity contribution in [1.82, 2.24) is 4.57 Å². The Hall–Kier alpha value is -2.86. The van der Waals surface area contributed by atoms with E-state index in [0.29, 0.717) is 11.4 Å². The quantitative estimate of drug-likeness (QED) is 0.479. The van der Waals surface area contributed by atoms with E-state index in [0.717, 1.165) is 15.7 Å². The lowest BCUT2D eigenvalue weighted by Crippen LogP contribution is -2.10. The van der Waals surface area contributed by atoms with Gasteiger partial charge in [0.15, 0.2) is 5.78 Å². The number of esters is 1. The zero-order valence-corrected chi connectivity index (χ0v) is 16.5. The average molecular weight is 428 g/mol. The molecule has 0 saturated heterocycles. The highest BCUT2D eigenvalue weighted by molar-refractivity contribution is 9.10. The van der Waals surface area contributed by atoms with E-state index in [1.165, 1.54) is 14.0 Å². The second-order valence-corrected chi connectivity index (χ2v) is 6.92. The number of aromatic nitrogens is 1. The van der Waals surface area contributed by atoms with Gasteiger partial charge in [0.2, 0.25) is 0 Å². The van der Waals surface area contributed by atoms with Crippen molar-refractivity contribution in [2.24, 2.45) is 0 Å². The highest BCUT2D eigenvalue weighted by Crippen LogP contribution is 2.39. The number of carbonyl (C=O) groups excluding carboxylic acids is 2. The SMILES string of the molecule is COC(=O)Cc1c(O)c(C(C)=O)c(-c2ccc(Br)cc2)n1-c1ccccc1. The Labute approximate surface area is 165 Å². The molecular weight excluding hydrogens is 410 g/mol. The normalized spacial score (nSPS) is 10.6. The maximum atomic E-state index is 12.4. The Kier molecular flexibility index (Phi) is 5.46. The molecule has 0 saturated carbocycles. The molecule has 0 aliphatic carbocycles. The van der Waals surface area contributed by atoms with Gasteiger partial charge in [-0.3, -0.25) is 9.59 Å². The third kappa shape index (κ3) is 3.66. The van der Waals surface area contributed by atoms with E-state index in [-0.39, 0.29) is 23.5 Å². The second kappa shape index (κ2) is 7.80. The summed E-state index contributed by atoms with van der Waals surface area (Å²) in [4.78, 5) is 24.3. The van der Waals surface area contributed by atoms with Crippen LogP contribution in [0.1, 0.15) is 23.0 Å². The number of hydrogen-bond donors (Lipinski definition) is 1. The molecule has 3 rings (SSSR count). The molecule has 0 unspecified atom stereocenters. The summed E-state index contributed by atoms with van der Waals surface area (Å²) in [5.41, 5.74) is 2.52. The van der Waals surface area contributed by atoms with Gasteiger partial charge < -0.3 is 14.4 Å². The minimum atomic E-state index is -0.502. The topological polar surface area (TPSA) is 68.5 Å². The monoisotopic (exact) mass is 427 g/mol. The zero-order valence-electron chi connectivity index (χ0n) is 14.9. The smallest absolute Gasteiger partial charge is 0.311 e. The molecule has 27 heavy (non-hydrogen) atoms. The molecule has 138 valence electrons. The van der Waals surface area contributed by atoms with Gasteiger partial charge in [0.05, 0.1) is 30.5 Å². The summed E-state index contributed by atoms with van der Waals surface area (Å²) in [6, 6.07) is 16.7. The van der Waals surface area contributed by atoms with Crippen LogP contribution in [0.25, 0.3) is 16.9 Å². The van der Waals surface area contributed by atoms with Gasteiger partial charge in [-0.1, -0.05) is 46.3 Å². The van der Waals surface area contributed by atoms with Crippen LogP contribution in [-0.4, -0.2) is 28.5 Å². The largest absolute Gasteiger partial charge is 0.505 e. The highest BCUT2D eigenvalue weighted by atomic mass is 79.9. The van der Waals surface area contributed by atoms with E-state index in [1.807, 2.05) is 54.6 Å². The molecular formula is C21H18BrNO4. The van der Waals surface area contributed by atoms with Crippen LogP contribution in [0.3, 0.4) is 0 Å². The van der Waals surface area contributed by atoms with Crippen molar-refractivity contribution in [1.29, 1.82) is 0 Å². The van der Waals surface area contributed by atoms with Crippen molar-refractivity contribution >= 4 is 27.7 Å². The first kappa shape index (κ1) is 18.9. The number of nitrogens with zero attached hydrogens (tertiary/aromatic N) is 1. The number of Topliss-reactive ketones (excluding diaryl/α,β-unsaturated/α-hetero) is 1. The molecule has 6 heteroatoms. The average Bonchev–Trinajstić information content (AvgIpc) is 2.95. The van der Waals surface area contributed by atoms with Gasteiger partial charge in [-0.2, -0.15) is 0 Å². The maximum absolute atomic E-state index is 12.4. The summed E-state index contributed by atoms with van der Waals surface area (Å²) in [6.45, 7) is 1.40. The molecule has 0 aliphatic heterocycles. The summed E-state index contributed by atoms with van der Waals surface area (Å²) in [6.07, 6.45) is -0.159. The standard InChI is InChI=1S/C21H18BrNO4/c1-13(24)19-20(14-8-10-15(22)11-9-14)23(16-6-4-3-5-7-16)17(21(19)26)12-18(25)27-2/h3-11,26H,12H2,1-2H3. The van der Waals surface area contributed by atoms with Crippen LogP contribution >= 0.6 is 15.9 Å². The number of benzene rings is 2. The summed E-state index contributed by atoms with van der Waals surface area (Å²) < 4.78 is 7.41. The van der Waals surface area contributed by atoms with Gasteiger partial charge in [0, 0.05) is 10.2 Å². The first-order valence-corrected chi connectivity index (χ1v) is 9.09. The van der Waals surface area contributed by atoms with E-state index in [1.54, 1.807) is 4.57 Å². The van der Waals surface area contributed by atoms with Crippen molar-refractivity contribution in [3.8, 4) is 22.7 Å². The van der Waals surface area contributed by atoms with Crippen LogP contribution in [0.4, 0.5) is 0 Å². The van der Waals surface area contributed by atoms with Gasteiger partial charge in [0.25, 0.3) is 0 Å². The Balaban J connectivity index is 2.38. The maximum Gasteiger partial charge on any atom is 0.311 e. The first-order chi connectivity index (χ1) is 12.9. The van der Waals surface area contributed by atoms with Gasteiger partial charge in [0.1, 0.15) is 5.75 Å². The van der Waals surface area contributed by atoms with E-state index in [4.69, 9.17) is 4.74 Å². The minimum Gasteiger partial charge on any atom is -0.505 e. The van der Waals surface area contributed by atoms with Crippen LogP contribution in [0.5, 0.6) is 5.75 Å². The van der Waals surface area contributed by atoms with Gasteiger partial charge in [-0.05, 0) is 36.8 Å². The summed E-state index contributed by atoms with van der Waals surface area (Å²) in [7, 11) is 1.29. The number of para-hydroxylation sites is 1. The predicted molar refractivity (Wildman–Crippen MR) is 106 cm³/mol. The Bertz CT molecular complexity index is 991. The molecule has 2 aromatic carbocycles. The molecule has 0 atom stereocenters. The molecule has 1 heterocycles. The Morgan fingerprint density at radius 3 is 2.26 bits per heavy atom. The number of rotatable bonds is 5. The van der Waals surface area contributed by atoms with Crippen molar-refractivity contribution in [3.63, 3.8) is 0 Å². The minimum absolute atomic E-state index is 0.159. The third-order valence-corrected chi connectivity index (χ3v) is 4.79. The van der Waals surface area contributed by atoms with Crippen LogP contribution in [0, 0.1) is 0 Å².